The van der Waals surface area contributed by atoms with Gasteiger partial charge in [0.1, 0.15) is 5.60 Å². The van der Waals surface area contributed by atoms with Gasteiger partial charge in [0.2, 0.25) is 0 Å². The van der Waals surface area contributed by atoms with Crippen LogP contribution in [0, 0.1) is 0 Å². The van der Waals surface area contributed by atoms with E-state index in [1.165, 1.54) is 5.47 Å². The molecule has 0 aromatic rings. The molecule has 2 heterocycles. The summed E-state index contributed by atoms with van der Waals surface area (Å²) < 4.78 is 17.6. The zero-order valence-corrected chi connectivity index (χ0v) is 16.3. The average molecular weight is 337 g/mol. The van der Waals surface area contributed by atoms with Crippen molar-refractivity contribution in [2.75, 3.05) is 19.6 Å². The van der Waals surface area contributed by atoms with E-state index in [-0.39, 0.29) is 24.3 Å². The van der Waals surface area contributed by atoms with Crippen molar-refractivity contribution in [2.45, 2.75) is 78.1 Å². The first-order chi connectivity index (χ1) is 10.9. The topological polar surface area (TPSA) is 48.0 Å². The van der Waals surface area contributed by atoms with Crippen LogP contribution in [0.2, 0.25) is 0 Å². The van der Waals surface area contributed by atoms with Gasteiger partial charge in [-0.1, -0.05) is 6.08 Å². The van der Waals surface area contributed by atoms with Gasteiger partial charge in [0.25, 0.3) is 0 Å². The van der Waals surface area contributed by atoms with E-state index in [0.29, 0.717) is 6.42 Å². The Labute approximate surface area is 146 Å². The number of esters is 1. The minimum absolute atomic E-state index is 0.136. The Kier molecular flexibility index (Phi) is 5.53. The highest BCUT2D eigenvalue weighted by Crippen LogP contribution is 2.39. The molecule has 136 valence electrons. The molecule has 5 nitrogen and oxygen atoms in total. The van der Waals surface area contributed by atoms with Gasteiger partial charge in [0, 0.05) is 19.6 Å². The van der Waals surface area contributed by atoms with Crippen molar-refractivity contribution in [1.82, 2.24) is 4.90 Å². The molecule has 1 fully saturated rings. The first-order valence-electron chi connectivity index (χ1n) is 8.88. The zero-order valence-electron chi connectivity index (χ0n) is 16.3. The van der Waals surface area contributed by atoms with E-state index in [2.05, 4.69) is 38.7 Å². The Bertz CT molecular complexity index is 492. The lowest BCUT2D eigenvalue weighted by Gasteiger charge is -2.32. The van der Waals surface area contributed by atoms with Crippen LogP contribution in [0.1, 0.15) is 61.3 Å². The average Bonchev–Trinajstić information content (AvgIpc) is 2.64. The summed E-state index contributed by atoms with van der Waals surface area (Å²) in [6.07, 6.45) is 3.52. The number of hydrogen-bond donors (Lipinski definition) is 0. The molecule has 0 amide bonds. The van der Waals surface area contributed by atoms with Gasteiger partial charge in [-0.25, -0.2) is 0 Å². The van der Waals surface area contributed by atoms with Crippen molar-refractivity contribution in [2.24, 2.45) is 0 Å². The monoisotopic (exact) mass is 337 g/mol. The van der Waals surface area contributed by atoms with E-state index in [9.17, 15) is 4.79 Å². The van der Waals surface area contributed by atoms with Gasteiger partial charge in [0.15, 0.2) is 0 Å². The molecule has 0 aromatic carbocycles. The summed E-state index contributed by atoms with van der Waals surface area (Å²) in [7, 11) is -0.247. The van der Waals surface area contributed by atoms with Crippen molar-refractivity contribution in [3.63, 3.8) is 0 Å². The first kappa shape index (κ1) is 19.5. The van der Waals surface area contributed by atoms with Gasteiger partial charge in [0.05, 0.1) is 17.6 Å². The second kappa shape index (κ2) is 6.81. The van der Waals surface area contributed by atoms with Crippen molar-refractivity contribution in [1.29, 1.82) is 0 Å². The highest BCUT2D eigenvalue weighted by atomic mass is 16.7. The molecule has 6 heteroatoms. The normalized spacial score (nSPS) is 24.0. The van der Waals surface area contributed by atoms with Gasteiger partial charge in [-0.05, 0) is 60.4 Å². The molecule has 0 radical (unpaired) electrons. The molecule has 1 saturated heterocycles. The van der Waals surface area contributed by atoms with Crippen molar-refractivity contribution in [3.05, 3.63) is 11.5 Å². The maximum absolute atomic E-state index is 11.8. The molecule has 0 bridgehead atoms. The fourth-order valence-corrected chi connectivity index (χ4v) is 2.78. The van der Waals surface area contributed by atoms with E-state index in [4.69, 9.17) is 14.0 Å². The molecule has 0 atom stereocenters. The molecule has 2 rings (SSSR count). The predicted octanol–water partition coefficient (Wildman–Crippen LogP) is 2.98. The summed E-state index contributed by atoms with van der Waals surface area (Å²) >= 11 is 0. The smallest absolute Gasteiger partial charge is 0.460 e. The molecular weight excluding hydrogens is 305 g/mol. The lowest BCUT2D eigenvalue weighted by atomic mass is 9.75. The second-order valence-electron chi connectivity index (χ2n) is 8.75. The summed E-state index contributed by atoms with van der Waals surface area (Å²) in [4.78, 5) is 14.1. The quantitative estimate of drug-likeness (QED) is 0.583. The Morgan fingerprint density at radius 3 is 2.29 bits per heavy atom. The SMILES string of the molecule is CC(C)(C)OC(=O)CCN1CC=C(B2OC(C)(C)C(C)(C)O2)CC1. The van der Waals surface area contributed by atoms with E-state index < -0.39 is 5.60 Å². The van der Waals surface area contributed by atoms with E-state index in [1.807, 2.05) is 20.8 Å². The molecule has 24 heavy (non-hydrogen) atoms. The maximum atomic E-state index is 11.8. The van der Waals surface area contributed by atoms with Crippen molar-refractivity contribution in [3.8, 4) is 0 Å². The standard InChI is InChI=1S/C18H32BNO4/c1-16(2,3)22-15(21)10-13-20-11-8-14(9-12-20)19-23-17(4,5)18(6,7)24-19/h8H,9-13H2,1-7H3. The first-order valence-corrected chi connectivity index (χ1v) is 8.88. The molecule has 0 spiro atoms. The van der Waals surface area contributed by atoms with Crippen LogP contribution in [0.25, 0.3) is 0 Å². The molecule has 0 unspecified atom stereocenters. The van der Waals surface area contributed by atoms with E-state index >= 15 is 0 Å². The molecule has 0 aromatic heterocycles. The van der Waals surface area contributed by atoms with Crippen molar-refractivity contribution >= 4 is 13.1 Å². The van der Waals surface area contributed by atoms with Gasteiger partial charge in [-0.15, -0.1) is 0 Å². The number of hydrogen-bond acceptors (Lipinski definition) is 5. The molecule has 0 saturated carbocycles. The van der Waals surface area contributed by atoms with Gasteiger partial charge in [-0.3, -0.25) is 9.69 Å². The summed E-state index contributed by atoms with van der Waals surface area (Å²) in [5.74, 6) is -0.136. The lowest BCUT2D eigenvalue weighted by Crippen LogP contribution is -2.41. The van der Waals surface area contributed by atoms with Gasteiger partial charge >= 0.3 is 13.1 Å². The highest BCUT2D eigenvalue weighted by molar-refractivity contribution is 6.54. The molecule has 2 aliphatic rings. The lowest BCUT2D eigenvalue weighted by molar-refractivity contribution is -0.155. The Hall–Kier alpha value is -0.845. The van der Waals surface area contributed by atoms with Crippen LogP contribution in [-0.2, 0) is 18.8 Å². The second-order valence-corrected chi connectivity index (χ2v) is 8.75. The Morgan fingerprint density at radius 1 is 1.25 bits per heavy atom. The zero-order chi connectivity index (χ0) is 18.2. The minimum Gasteiger partial charge on any atom is -0.460 e. The molecule has 2 aliphatic heterocycles. The van der Waals surface area contributed by atoms with E-state index in [0.717, 1.165) is 26.1 Å². The van der Waals surface area contributed by atoms with Crippen LogP contribution in [0.5, 0.6) is 0 Å². The minimum atomic E-state index is -0.414. The van der Waals surface area contributed by atoms with Crippen LogP contribution in [0.4, 0.5) is 0 Å². The molecule has 0 aliphatic carbocycles. The molecular formula is C18H32BNO4. The largest absolute Gasteiger partial charge is 0.490 e. The third kappa shape index (κ3) is 4.84. The molecule has 0 N–H and O–H groups in total. The number of ether oxygens (including phenoxy) is 1. The summed E-state index contributed by atoms with van der Waals surface area (Å²) in [5.41, 5.74) is 0.198. The van der Waals surface area contributed by atoms with Crippen LogP contribution >= 0.6 is 0 Å². The predicted molar refractivity (Wildman–Crippen MR) is 95.7 cm³/mol. The summed E-state index contributed by atoms with van der Waals surface area (Å²) in [5, 5.41) is 0. The highest BCUT2D eigenvalue weighted by Gasteiger charge is 2.52. The third-order valence-corrected chi connectivity index (χ3v) is 4.94. The number of carbonyl (C=O) groups is 1. The third-order valence-electron chi connectivity index (χ3n) is 4.94. The Morgan fingerprint density at radius 2 is 1.83 bits per heavy atom. The van der Waals surface area contributed by atoms with Gasteiger partial charge < -0.3 is 14.0 Å². The maximum Gasteiger partial charge on any atom is 0.490 e. The fraction of sp³-hybridized carbons (Fsp3) is 0.833. The number of nitrogens with zero attached hydrogens (tertiary/aromatic N) is 1. The summed E-state index contributed by atoms with van der Waals surface area (Å²) in [6, 6.07) is 0. The van der Waals surface area contributed by atoms with Crippen LogP contribution < -0.4 is 0 Å². The number of carbonyl (C=O) groups excluding carboxylic acids is 1. The van der Waals surface area contributed by atoms with Crippen LogP contribution in [0.3, 0.4) is 0 Å². The fourth-order valence-electron chi connectivity index (χ4n) is 2.78. The van der Waals surface area contributed by atoms with Crippen LogP contribution in [-0.4, -0.2) is 54.4 Å². The Balaban J connectivity index is 1.81. The number of rotatable bonds is 4. The van der Waals surface area contributed by atoms with Gasteiger partial charge in [-0.2, -0.15) is 0 Å². The van der Waals surface area contributed by atoms with E-state index in [1.54, 1.807) is 0 Å². The van der Waals surface area contributed by atoms with Crippen molar-refractivity contribution < 1.29 is 18.8 Å². The summed E-state index contributed by atoms with van der Waals surface area (Å²) in [6.45, 7) is 16.4. The van der Waals surface area contributed by atoms with Crippen LogP contribution in [0.15, 0.2) is 11.5 Å².